The van der Waals surface area contributed by atoms with Crippen LogP contribution in [0.4, 0.5) is 0 Å². The lowest BCUT2D eigenvalue weighted by Gasteiger charge is -2.47. The van der Waals surface area contributed by atoms with Crippen LogP contribution in [0, 0.1) is 5.41 Å². The van der Waals surface area contributed by atoms with Gasteiger partial charge in [0.15, 0.2) is 0 Å². The van der Waals surface area contributed by atoms with Crippen LogP contribution in [-0.2, 0) is 16.0 Å². The van der Waals surface area contributed by atoms with E-state index in [0.717, 1.165) is 58.3 Å². The Morgan fingerprint density at radius 3 is 2.68 bits per heavy atom. The maximum absolute atomic E-state index is 13.1. The second-order valence-corrected chi connectivity index (χ2v) is 8.02. The first-order valence-electron chi connectivity index (χ1n) is 9.76. The number of rotatable bonds is 2. The van der Waals surface area contributed by atoms with Crippen LogP contribution in [-0.4, -0.2) is 47.8 Å². The SMILES string of the molecule is CCN1CC2(CCC1=O)CCN(C(=O)C1CCc3ccccc31)CC2. The number of piperidine rings is 2. The second-order valence-electron chi connectivity index (χ2n) is 8.02. The van der Waals surface area contributed by atoms with Gasteiger partial charge in [-0.1, -0.05) is 24.3 Å². The third kappa shape index (κ3) is 2.96. The van der Waals surface area contributed by atoms with Crippen molar-refractivity contribution < 1.29 is 9.59 Å². The maximum Gasteiger partial charge on any atom is 0.230 e. The summed E-state index contributed by atoms with van der Waals surface area (Å²) in [6.45, 7) is 5.46. The molecule has 2 amide bonds. The summed E-state index contributed by atoms with van der Waals surface area (Å²) in [6, 6.07) is 8.41. The average Bonchev–Trinajstić information content (AvgIpc) is 3.08. The number of aryl methyl sites for hydroxylation is 1. The molecule has 2 saturated heterocycles. The van der Waals surface area contributed by atoms with Crippen molar-refractivity contribution >= 4 is 11.8 Å². The molecule has 1 aromatic carbocycles. The van der Waals surface area contributed by atoms with Crippen molar-refractivity contribution in [2.24, 2.45) is 5.41 Å². The van der Waals surface area contributed by atoms with Crippen LogP contribution in [0.3, 0.4) is 0 Å². The lowest BCUT2D eigenvalue weighted by Crippen LogP contribution is -2.52. The van der Waals surface area contributed by atoms with E-state index < -0.39 is 0 Å². The molecule has 134 valence electrons. The van der Waals surface area contributed by atoms with E-state index in [1.165, 1.54) is 11.1 Å². The number of nitrogens with zero attached hydrogens (tertiary/aromatic N) is 2. The smallest absolute Gasteiger partial charge is 0.230 e. The van der Waals surface area contributed by atoms with Gasteiger partial charge in [0.25, 0.3) is 0 Å². The van der Waals surface area contributed by atoms with Gasteiger partial charge < -0.3 is 9.80 Å². The molecular formula is C21H28N2O2. The van der Waals surface area contributed by atoms with Gasteiger partial charge in [0.05, 0.1) is 5.92 Å². The minimum absolute atomic E-state index is 0.0605. The molecule has 25 heavy (non-hydrogen) atoms. The summed E-state index contributed by atoms with van der Waals surface area (Å²) in [5, 5.41) is 0. The van der Waals surface area contributed by atoms with E-state index in [1.54, 1.807) is 0 Å². The largest absolute Gasteiger partial charge is 0.342 e. The molecule has 4 rings (SSSR count). The van der Waals surface area contributed by atoms with E-state index in [4.69, 9.17) is 0 Å². The van der Waals surface area contributed by atoms with Crippen molar-refractivity contribution in [3.05, 3.63) is 35.4 Å². The standard InChI is InChI=1S/C21H28N2O2/c1-2-22-15-21(10-9-19(22)24)11-13-23(14-12-21)20(25)18-8-7-16-5-3-4-6-17(16)18/h3-6,18H,2,7-15H2,1H3. The Morgan fingerprint density at radius 2 is 1.92 bits per heavy atom. The van der Waals surface area contributed by atoms with Gasteiger partial charge in [-0.05, 0) is 55.6 Å². The van der Waals surface area contributed by atoms with Gasteiger partial charge in [-0.2, -0.15) is 0 Å². The maximum atomic E-state index is 13.1. The van der Waals surface area contributed by atoms with Crippen LogP contribution in [0.15, 0.2) is 24.3 Å². The molecule has 1 aromatic rings. The van der Waals surface area contributed by atoms with Crippen molar-refractivity contribution in [3.8, 4) is 0 Å². The number of likely N-dealkylation sites (tertiary alicyclic amines) is 2. The van der Waals surface area contributed by atoms with Crippen LogP contribution in [0.5, 0.6) is 0 Å². The molecule has 0 saturated carbocycles. The Labute approximate surface area is 150 Å². The molecule has 3 aliphatic rings. The zero-order valence-electron chi connectivity index (χ0n) is 15.2. The molecule has 0 bridgehead atoms. The lowest BCUT2D eigenvalue weighted by atomic mass is 9.72. The van der Waals surface area contributed by atoms with Gasteiger partial charge in [0.1, 0.15) is 0 Å². The molecule has 1 atom stereocenters. The molecular weight excluding hydrogens is 312 g/mol. The monoisotopic (exact) mass is 340 g/mol. The highest BCUT2D eigenvalue weighted by Crippen LogP contribution is 2.41. The fourth-order valence-corrected chi connectivity index (χ4v) is 5.03. The molecule has 4 heteroatoms. The zero-order chi connectivity index (χ0) is 17.4. The molecule has 2 fully saturated rings. The van der Waals surface area contributed by atoms with Crippen molar-refractivity contribution in [2.45, 2.75) is 51.4 Å². The average molecular weight is 340 g/mol. The predicted octanol–water partition coefficient (Wildman–Crippen LogP) is 2.97. The number of carbonyl (C=O) groups excluding carboxylic acids is 2. The van der Waals surface area contributed by atoms with Gasteiger partial charge in [-0.15, -0.1) is 0 Å². The Hall–Kier alpha value is -1.84. The van der Waals surface area contributed by atoms with E-state index in [0.29, 0.717) is 18.2 Å². The summed E-state index contributed by atoms with van der Waals surface area (Å²) in [5.74, 6) is 0.679. The third-order valence-corrected chi connectivity index (χ3v) is 6.70. The Morgan fingerprint density at radius 1 is 1.16 bits per heavy atom. The minimum Gasteiger partial charge on any atom is -0.342 e. The van der Waals surface area contributed by atoms with Crippen molar-refractivity contribution in [3.63, 3.8) is 0 Å². The normalized spacial score (nSPS) is 25.3. The number of fused-ring (bicyclic) bond motifs is 1. The molecule has 0 radical (unpaired) electrons. The number of amides is 2. The Bertz CT molecular complexity index is 676. The summed E-state index contributed by atoms with van der Waals surface area (Å²) in [5.41, 5.74) is 2.83. The van der Waals surface area contributed by atoms with E-state index in [9.17, 15) is 9.59 Å². The molecule has 1 aliphatic carbocycles. The van der Waals surface area contributed by atoms with E-state index >= 15 is 0 Å². The van der Waals surface area contributed by atoms with Gasteiger partial charge in [-0.3, -0.25) is 9.59 Å². The summed E-state index contributed by atoms with van der Waals surface area (Å²) in [6.07, 6.45) is 5.73. The van der Waals surface area contributed by atoms with Crippen molar-refractivity contribution in [1.29, 1.82) is 0 Å². The Kier molecular flexibility index (Phi) is 4.30. The third-order valence-electron chi connectivity index (χ3n) is 6.70. The van der Waals surface area contributed by atoms with Gasteiger partial charge in [0.2, 0.25) is 11.8 Å². The Balaban J connectivity index is 1.41. The number of hydrogen-bond acceptors (Lipinski definition) is 2. The summed E-state index contributed by atoms with van der Waals surface area (Å²) in [4.78, 5) is 29.1. The van der Waals surface area contributed by atoms with E-state index in [1.807, 2.05) is 11.0 Å². The zero-order valence-corrected chi connectivity index (χ0v) is 15.2. The van der Waals surface area contributed by atoms with Gasteiger partial charge >= 0.3 is 0 Å². The predicted molar refractivity (Wildman–Crippen MR) is 97.2 cm³/mol. The fraction of sp³-hybridized carbons (Fsp3) is 0.619. The van der Waals surface area contributed by atoms with Crippen LogP contribution < -0.4 is 0 Å². The molecule has 2 heterocycles. The summed E-state index contributed by atoms with van der Waals surface area (Å²) < 4.78 is 0. The molecule has 4 nitrogen and oxygen atoms in total. The second kappa shape index (κ2) is 6.47. The highest BCUT2D eigenvalue weighted by Gasteiger charge is 2.42. The van der Waals surface area contributed by atoms with Crippen LogP contribution in [0.1, 0.15) is 56.1 Å². The summed E-state index contributed by atoms with van der Waals surface area (Å²) >= 11 is 0. The van der Waals surface area contributed by atoms with Crippen molar-refractivity contribution in [1.82, 2.24) is 9.80 Å². The first-order valence-corrected chi connectivity index (χ1v) is 9.76. The van der Waals surface area contributed by atoms with Crippen LogP contribution in [0.2, 0.25) is 0 Å². The van der Waals surface area contributed by atoms with E-state index in [-0.39, 0.29) is 11.3 Å². The first kappa shape index (κ1) is 16.6. The fourth-order valence-electron chi connectivity index (χ4n) is 5.03. The van der Waals surface area contributed by atoms with Gasteiger partial charge in [-0.25, -0.2) is 0 Å². The number of benzene rings is 1. The summed E-state index contributed by atoms with van der Waals surface area (Å²) in [7, 11) is 0. The highest BCUT2D eigenvalue weighted by atomic mass is 16.2. The van der Waals surface area contributed by atoms with E-state index in [2.05, 4.69) is 30.0 Å². The molecule has 1 unspecified atom stereocenters. The number of carbonyl (C=O) groups is 2. The number of hydrogen-bond donors (Lipinski definition) is 0. The van der Waals surface area contributed by atoms with Crippen LogP contribution >= 0.6 is 0 Å². The highest BCUT2D eigenvalue weighted by molar-refractivity contribution is 5.85. The molecule has 1 spiro atoms. The van der Waals surface area contributed by atoms with Gasteiger partial charge in [0, 0.05) is 32.6 Å². The van der Waals surface area contributed by atoms with Crippen molar-refractivity contribution in [2.75, 3.05) is 26.2 Å². The lowest BCUT2D eigenvalue weighted by molar-refractivity contribution is -0.142. The molecule has 2 aliphatic heterocycles. The molecule has 0 aromatic heterocycles. The minimum atomic E-state index is 0.0605. The van der Waals surface area contributed by atoms with Crippen LogP contribution in [0.25, 0.3) is 0 Å². The first-order chi connectivity index (χ1) is 12.1. The molecule has 0 N–H and O–H groups in total. The topological polar surface area (TPSA) is 40.6 Å². The quantitative estimate of drug-likeness (QED) is 0.830.